The Morgan fingerprint density at radius 2 is 2.00 bits per heavy atom. The van der Waals surface area contributed by atoms with Crippen molar-refractivity contribution in [3.8, 4) is 0 Å². The molecule has 1 fully saturated rings. The fraction of sp³-hybridized carbons (Fsp3) is 1.00. The zero-order valence-electron chi connectivity index (χ0n) is 13.4. The standard InChI is InChI=1S/C14H31N3O2S/c1-5-8-15-11-13(3)20(18,19)17-10-7-9-16(4)12-14(17)6-2/h13-15H,5-12H2,1-4H3. The summed E-state index contributed by atoms with van der Waals surface area (Å²) in [6.07, 6.45) is 2.82. The van der Waals surface area contributed by atoms with E-state index in [-0.39, 0.29) is 11.3 Å². The Morgan fingerprint density at radius 3 is 2.60 bits per heavy atom. The molecule has 0 bridgehead atoms. The lowest BCUT2D eigenvalue weighted by Gasteiger charge is -2.31. The molecule has 1 aliphatic rings. The van der Waals surface area contributed by atoms with Crippen LogP contribution < -0.4 is 5.32 Å². The SMILES string of the molecule is CCCNCC(C)S(=O)(=O)N1CCCN(C)CC1CC. The monoisotopic (exact) mass is 305 g/mol. The number of sulfonamides is 1. The molecule has 20 heavy (non-hydrogen) atoms. The Labute approximate surface area is 124 Å². The van der Waals surface area contributed by atoms with Gasteiger partial charge in [-0.1, -0.05) is 13.8 Å². The lowest BCUT2D eigenvalue weighted by Crippen LogP contribution is -2.48. The van der Waals surface area contributed by atoms with Gasteiger partial charge >= 0.3 is 0 Å². The third-order valence-electron chi connectivity index (χ3n) is 4.01. The van der Waals surface area contributed by atoms with Crippen molar-refractivity contribution in [2.24, 2.45) is 0 Å². The summed E-state index contributed by atoms with van der Waals surface area (Å²) in [4.78, 5) is 2.24. The van der Waals surface area contributed by atoms with Gasteiger partial charge in [0.15, 0.2) is 0 Å². The van der Waals surface area contributed by atoms with Gasteiger partial charge in [0.05, 0.1) is 5.25 Å². The first-order valence-electron chi connectivity index (χ1n) is 7.83. The Morgan fingerprint density at radius 1 is 1.30 bits per heavy atom. The average molecular weight is 305 g/mol. The number of nitrogens with one attached hydrogen (secondary N) is 1. The van der Waals surface area contributed by atoms with Crippen molar-refractivity contribution in [2.45, 2.75) is 51.3 Å². The third-order valence-corrected chi connectivity index (χ3v) is 6.33. The van der Waals surface area contributed by atoms with E-state index in [1.165, 1.54) is 0 Å². The summed E-state index contributed by atoms with van der Waals surface area (Å²) in [6, 6.07) is 0.112. The van der Waals surface area contributed by atoms with Crippen LogP contribution in [0.2, 0.25) is 0 Å². The molecule has 1 rings (SSSR count). The van der Waals surface area contributed by atoms with E-state index in [1.54, 1.807) is 4.31 Å². The van der Waals surface area contributed by atoms with Crippen LogP contribution in [0.3, 0.4) is 0 Å². The predicted octanol–water partition coefficient (Wildman–Crippen LogP) is 1.12. The van der Waals surface area contributed by atoms with Gasteiger partial charge in [-0.2, -0.15) is 4.31 Å². The first-order valence-corrected chi connectivity index (χ1v) is 9.33. The van der Waals surface area contributed by atoms with Crippen molar-refractivity contribution in [1.82, 2.24) is 14.5 Å². The fourth-order valence-electron chi connectivity index (χ4n) is 2.71. The Kier molecular flexibility index (Phi) is 7.43. The maximum Gasteiger partial charge on any atom is 0.218 e. The second-order valence-electron chi connectivity index (χ2n) is 5.85. The van der Waals surface area contributed by atoms with Crippen LogP contribution in [0.25, 0.3) is 0 Å². The van der Waals surface area contributed by atoms with Gasteiger partial charge in [-0.05, 0) is 46.3 Å². The summed E-state index contributed by atoms with van der Waals surface area (Å²) in [5.41, 5.74) is 0. The van der Waals surface area contributed by atoms with E-state index in [0.29, 0.717) is 13.1 Å². The van der Waals surface area contributed by atoms with E-state index in [2.05, 4.69) is 31.1 Å². The highest BCUT2D eigenvalue weighted by Crippen LogP contribution is 2.19. The van der Waals surface area contributed by atoms with Gasteiger partial charge in [0, 0.05) is 25.7 Å². The summed E-state index contributed by atoms with van der Waals surface area (Å²) in [6.45, 7) is 9.87. The van der Waals surface area contributed by atoms with Gasteiger partial charge in [0.2, 0.25) is 10.0 Å². The van der Waals surface area contributed by atoms with E-state index < -0.39 is 10.0 Å². The fourth-order valence-corrected chi connectivity index (χ4v) is 4.51. The summed E-state index contributed by atoms with van der Waals surface area (Å²) in [7, 11) is -1.13. The number of rotatable bonds is 7. The highest BCUT2D eigenvalue weighted by atomic mass is 32.2. The van der Waals surface area contributed by atoms with Crippen LogP contribution >= 0.6 is 0 Å². The molecule has 1 aliphatic heterocycles. The molecule has 0 aromatic rings. The molecule has 0 aromatic carbocycles. The maximum atomic E-state index is 12.8. The molecule has 6 heteroatoms. The summed E-state index contributed by atoms with van der Waals surface area (Å²) >= 11 is 0. The maximum absolute atomic E-state index is 12.8. The predicted molar refractivity (Wildman–Crippen MR) is 84.4 cm³/mol. The smallest absolute Gasteiger partial charge is 0.218 e. The molecule has 0 spiro atoms. The minimum atomic E-state index is -3.21. The van der Waals surface area contributed by atoms with Crippen LogP contribution in [0.4, 0.5) is 0 Å². The average Bonchev–Trinajstić information content (AvgIpc) is 2.60. The Hall–Kier alpha value is -0.170. The van der Waals surface area contributed by atoms with Gasteiger partial charge in [0.1, 0.15) is 0 Å². The number of hydrogen-bond acceptors (Lipinski definition) is 4. The summed E-state index contributed by atoms with van der Waals surface area (Å²) in [5.74, 6) is 0. The van der Waals surface area contributed by atoms with E-state index in [1.807, 2.05) is 6.92 Å². The highest BCUT2D eigenvalue weighted by Gasteiger charge is 2.34. The zero-order valence-corrected chi connectivity index (χ0v) is 14.2. The molecule has 0 radical (unpaired) electrons. The van der Waals surface area contributed by atoms with E-state index in [9.17, 15) is 8.42 Å². The highest BCUT2D eigenvalue weighted by molar-refractivity contribution is 7.89. The Bertz CT molecular complexity index is 373. The van der Waals surface area contributed by atoms with E-state index in [0.717, 1.165) is 38.9 Å². The van der Waals surface area contributed by atoms with E-state index in [4.69, 9.17) is 0 Å². The summed E-state index contributed by atoms with van der Waals surface area (Å²) in [5, 5.41) is 2.87. The number of nitrogens with zero attached hydrogens (tertiary/aromatic N) is 2. The largest absolute Gasteiger partial charge is 0.315 e. The first-order chi connectivity index (χ1) is 9.43. The normalized spacial score (nSPS) is 24.5. The van der Waals surface area contributed by atoms with Crippen LogP contribution in [-0.2, 0) is 10.0 Å². The minimum Gasteiger partial charge on any atom is -0.315 e. The van der Waals surface area contributed by atoms with Crippen LogP contribution in [0, 0.1) is 0 Å². The van der Waals surface area contributed by atoms with Crippen molar-refractivity contribution < 1.29 is 8.42 Å². The van der Waals surface area contributed by atoms with Gasteiger partial charge in [-0.3, -0.25) is 0 Å². The van der Waals surface area contributed by atoms with Gasteiger partial charge in [-0.15, -0.1) is 0 Å². The first kappa shape index (κ1) is 17.9. The minimum absolute atomic E-state index is 0.112. The van der Waals surface area contributed by atoms with Crippen molar-refractivity contribution >= 4 is 10.0 Å². The molecule has 0 amide bonds. The van der Waals surface area contributed by atoms with E-state index >= 15 is 0 Å². The van der Waals surface area contributed by atoms with Crippen LogP contribution in [0.15, 0.2) is 0 Å². The van der Waals surface area contributed by atoms with Crippen molar-refractivity contribution in [3.05, 3.63) is 0 Å². The molecular formula is C14H31N3O2S. The number of likely N-dealkylation sites (N-methyl/N-ethyl adjacent to an activating group) is 1. The molecule has 1 N–H and O–H groups in total. The topological polar surface area (TPSA) is 52.7 Å². The molecule has 120 valence electrons. The Balaban J connectivity index is 2.76. The molecule has 0 aliphatic carbocycles. The second kappa shape index (κ2) is 8.32. The quantitative estimate of drug-likeness (QED) is 0.716. The molecule has 5 nitrogen and oxygen atoms in total. The lowest BCUT2D eigenvalue weighted by atomic mass is 10.2. The van der Waals surface area contributed by atoms with Crippen molar-refractivity contribution in [1.29, 1.82) is 0 Å². The summed E-state index contributed by atoms with van der Waals surface area (Å²) < 4.78 is 27.3. The second-order valence-corrected chi connectivity index (χ2v) is 8.15. The third kappa shape index (κ3) is 4.69. The molecule has 2 unspecified atom stereocenters. The molecule has 0 aromatic heterocycles. The van der Waals surface area contributed by atoms with Gasteiger partial charge < -0.3 is 10.2 Å². The molecule has 2 atom stereocenters. The molecular weight excluding hydrogens is 274 g/mol. The lowest BCUT2D eigenvalue weighted by molar-refractivity contribution is 0.268. The molecule has 1 saturated heterocycles. The van der Waals surface area contributed by atoms with Gasteiger partial charge in [0.25, 0.3) is 0 Å². The van der Waals surface area contributed by atoms with Crippen molar-refractivity contribution in [3.63, 3.8) is 0 Å². The van der Waals surface area contributed by atoms with Crippen LogP contribution in [0.1, 0.15) is 40.0 Å². The van der Waals surface area contributed by atoms with Crippen LogP contribution in [-0.4, -0.2) is 68.7 Å². The van der Waals surface area contributed by atoms with Crippen LogP contribution in [0.5, 0.6) is 0 Å². The molecule has 0 saturated carbocycles. The van der Waals surface area contributed by atoms with Crippen molar-refractivity contribution in [2.75, 3.05) is 39.8 Å². The zero-order chi connectivity index (χ0) is 15.2. The molecule has 1 heterocycles. The van der Waals surface area contributed by atoms with Gasteiger partial charge in [-0.25, -0.2) is 8.42 Å². The number of hydrogen-bond donors (Lipinski definition) is 1.